The average Bonchev–Trinajstić information content (AvgIpc) is 2.88. The molecule has 40 heavy (non-hydrogen) atoms. The lowest BCUT2D eigenvalue weighted by molar-refractivity contribution is -0.130. The molecule has 0 aromatic heterocycles. The van der Waals surface area contributed by atoms with Crippen molar-refractivity contribution in [1.29, 1.82) is 0 Å². The molecule has 2 heterocycles. The number of ether oxygens (including phenoxy) is 3. The Hall–Kier alpha value is -3.45. The standard InChI is InChI=1S/C33H38O7/c1-17(2)10-9-11-18(3)30(38-6)29(37)26-27(35)20-13-8-7-12-19(20)24-28(36)25-22(34)16-23-21(31(25)39-32(24)26)14-15-33(4,5)40-23/h10,14-16,18,24,30,34H,7-9,11-13H2,1-6H3/t18-,24+,30+/m1/s1. The number of carbonyl (C=O) groups is 3. The van der Waals surface area contributed by atoms with Crippen LogP contribution in [0.3, 0.4) is 0 Å². The summed E-state index contributed by atoms with van der Waals surface area (Å²) in [5, 5.41) is 11.0. The second-order valence-corrected chi connectivity index (χ2v) is 12.1. The quantitative estimate of drug-likeness (QED) is 0.310. The number of ketones is 3. The third-order valence-corrected chi connectivity index (χ3v) is 8.32. The van der Waals surface area contributed by atoms with E-state index in [1.807, 2.05) is 40.7 Å². The van der Waals surface area contributed by atoms with Gasteiger partial charge in [-0.15, -0.1) is 0 Å². The van der Waals surface area contributed by atoms with Crippen LogP contribution in [-0.4, -0.2) is 41.3 Å². The molecule has 4 aliphatic rings. The Morgan fingerprint density at radius 2 is 1.95 bits per heavy atom. The van der Waals surface area contributed by atoms with Gasteiger partial charge >= 0.3 is 0 Å². The molecular weight excluding hydrogens is 508 g/mol. The predicted molar refractivity (Wildman–Crippen MR) is 151 cm³/mol. The van der Waals surface area contributed by atoms with E-state index < -0.39 is 23.4 Å². The Labute approximate surface area is 235 Å². The molecule has 2 aliphatic carbocycles. The van der Waals surface area contributed by atoms with Gasteiger partial charge in [-0.3, -0.25) is 14.4 Å². The van der Waals surface area contributed by atoms with Gasteiger partial charge in [0.05, 0.1) is 5.56 Å². The lowest BCUT2D eigenvalue weighted by atomic mass is 9.70. The third kappa shape index (κ3) is 4.74. The molecule has 3 atom stereocenters. The minimum absolute atomic E-state index is 0.0532. The second kappa shape index (κ2) is 10.5. The number of benzene rings is 1. The molecular formula is C33H38O7. The molecule has 0 unspecified atom stereocenters. The van der Waals surface area contributed by atoms with Crippen molar-refractivity contribution < 1.29 is 33.7 Å². The number of rotatable bonds is 7. The molecule has 1 aromatic rings. The maximum absolute atomic E-state index is 14.2. The third-order valence-electron chi connectivity index (χ3n) is 8.32. The molecule has 0 bridgehead atoms. The van der Waals surface area contributed by atoms with Crippen LogP contribution in [0.15, 0.2) is 46.3 Å². The molecule has 1 N–H and O–H groups in total. The summed E-state index contributed by atoms with van der Waals surface area (Å²) in [6, 6.07) is 1.45. The van der Waals surface area contributed by atoms with E-state index in [9.17, 15) is 19.5 Å². The van der Waals surface area contributed by atoms with Gasteiger partial charge in [-0.05, 0) is 89.9 Å². The van der Waals surface area contributed by atoms with E-state index >= 15 is 0 Å². The topological polar surface area (TPSA) is 99.1 Å². The van der Waals surface area contributed by atoms with Crippen LogP contribution in [0.5, 0.6) is 17.2 Å². The Morgan fingerprint density at radius 1 is 1.23 bits per heavy atom. The minimum atomic E-state index is -0.924. The van der Waals surface area contributed by atoms with Crippen LogP contribution in [0.25, 0.3) is 6.08 Å². The van der Waals surface area contributed by atoms with E-state index in [2.05, 4.69) is 6.08 Å². The van der Waals surface area contributed by atoms with Crippen LogP contribution >= 0.6 is 0 Å². The summed E-state index contributed by atoms with van der Waals surface area (Å²) in [6.45, 7) is 9.75. The van der Waals surface area contributed by atoms with Crippen LogP contribution in [0.4, 0.5) is 0 Å². The van der Waals surface area contributed by atoms with Crippen molar-refractivity contribution >= 4 is 23.4 Å². The monoisotopic (exact) mass is 546 g/mol. The molecule has 2 aliphatic heterocycles. The molecule has 0 saturated heterocycles. The minimum Gasteiger partial charge on any atom is -0.507 e. The van der Waals surface area contributed by atoms with E-state index in [1.54, 1.807) is 6.08 Å². The molecule has 0 fully saturated rings. The number of aromatic hydroxyl groups is 1. The maximum atomic E-state index is 14.2. The highest BCUT2D eigenvalue weighted by atomic mass is 16.5. The Balaban J connectivity index is 1.65. The van der Waals surface area contributed by atoms with Gasteiger partial charge in [-0.25, -0.2) is 0 Å². The van der Waals surface area contributed by atoms with Crippen molar-refractivity contribution in [2.24, 2.45) is 11.8 Å². The fourth-order valence-electron chi connectivity index (χ4n) is 6.30. The van der Waals surface area contributed by atoms with Gasteiger partial charge in [0.1, 0.15) is 46.0 Å². The van der Waals surface area contributed by atoms with E-state index in [0.29, 0.717) is 41.7 Å². The van der Waals surface area contributed by atoms with Gasteiger partial charge in [0, 0.05) is 18.7 Å². The summed E-state index contributed by atoms with van der Waals surface area (Å²) in [5.74, 6) is -2.01. The fraction of sp³-hybridized carbons (Fsp3) is 0.485. The first-order valence-electron chi connectivity index (χ1n) is 14.2. The van der Waals surface area contributed by atoms with Gasteiger partial charge in [-0.2, -0.15) is 0 Å². The predicted octanol–water partition coefficient (Wildman–Crippen LogP) is 6.44. The number of hydrogen-bond acceptors (Lipinski definition) is 7. The number of fused-ring (bicyclic) bond motifs is 5. The highest BCUT2D eigenvalue weighted by Crippen LogP contribution is 2.52. The number of methoxy groups -OCH3 is 1. The van der Waals surface area contributed by atoms with Crippen molar-refractivity contribution in [3.05, 3.63) is 57.4 Å². The van der Waals surface area contributed by atoms with E-state index in [-0.39, 0.29) is 45.9 Å². The van der Waals surface area contributed by atoms with Crippen LogP contribution < -0.4 is 9.47 Å². The Morgan fingerprint density at radius 3 is 2.65 bits per heavy atom. The average molecular weight is 547 g/mol. The van der Waals surface area contributed by atoms with Crippen LogP contribution in [0.1, 0.15) is 89.1 Å². The highest BCUT2D eigenvalue weighted by Gasteiger charge is 2.50. The Bertz CT molecular complexity index is 1410. The molecule has 0 saturated carbocycles. The van der Waals surface area contributed by atoms with E-state index in [1.165, 1.54) is 18.7 Å². The van der Waals surface area contributed by atoms with Gasteiger partial charge in [0.15, 0.2) is 23.1 Å². The summed E-state index contributed by atoms with van der Waals surface area (Å²) in [5.41, 5.74) is 2.24. The summed E-state index contributed by atoms with van der Waals surface area (Å²) < 4.78 is 18.2. The molecule has 0 radical (unpaired) electrons. The number of phenolic OH excluding ortho intramolecular Hbond substituents is 1. The maximum Gasteiger partial charge on any atom is 0.199 e. The van der Waals surface area contributed by atoms with Crippen LogP contribution in [0.2, 0.25) is 0 Å². The highest BCUT2D eigenvalue weighted by molar-refractivity contribution is 6.30. The molecule has 1 aromatic carbocycles. The van der Waals surface area contributed by atoms with Crippen molar-refractivity contribution in [2.75, 3.05) is 7.11 Å². The smallest absolute Gasteiger partial charge is 0.199 e. The zero-order valence-electron chi connectivity index (χ0n) is 24.2. The largest absolute Gasteiger partial charge is 0.507 e. The van der Waals surface area contributed by atoms with E-state index in [4.69, 9.17) is 14.2 Å². The van der Waals surface area contributed by atoms with Gasteiger partial charge in [0.2, 0.25) is 0 Å². The first-order valence-corrected chi connectivity index (χ1v) is 14.2. The zero-order valence-corrected chi connectivity index (χ0v) is 24.2. The van der Waals surface area contributed by atoms with Gasteiger partial charge in [-0.1, -0.05) is 18.6 Å². The molecule has 7 heteroatoms. The number of phenols is 1. The van der Waals surface area contributed by atoms with Gasteiger partial charge < -0.3 is 19.3 Å². The molecule has 0 spiro atoms. The SMILES string of the molecule is CO[C@H](C(=O)C1=C2Oc3c4c(cc(O)c3C(=O)[C@@H]2C2=C(CCCC2)C1=O)OC(C)(C)C=C4)[C@H](C)CCC=C(C)C. The van der Waals surface area contributed by atoms with Crippen LogP contribution in [0, 0.1) is 11.8 Å². The molecule has 7 nitrogen and oxygen atoms in total. The summed E-state index contributed by atoms with van der Waals surface area (Å²) in [4.78, 5) is 42.3. The number of hydrogen-bond donors (Lipinski definition) is 1. The van der Waals surface area contributed by atoms with Crippen molar-refractivity contribution in [3.63, 3.8) is 0 Å². The number of allylic oxidation sites excluding steroid dienone is 4. The normalized spacial score (nSPS) is 22.3. The number of carbonyl (C=O) groups excluding carboxylic acids is 3. The number of Topliss-reactive ketones (excluding diaryl/α,β-unsaturated/α-hetero) is 3. The Kier molecular flexibility index (Phi) is 7.38. The van der Waals surface area contributed by atoms with Crippen molar-refractivity contribution in [2.45, 2.75) is 84.8 Å². The summed E-state index contributed by atoms with van der Waals surface area (Å²) in [7, 11) is 1.47. The van der Waals surface area contributed by atoms with Gasteiger partial charge in [0.25, 0.3) is 0 Å². The zero-order chi connectivity index (χ0) is 28.9. The van der Waals surface area contributed by atoms with Crippen molar-refractivity contribution in [3.8, 4) is 17.2 Å². The van der Waals surface area contributed by atoms with Crippen molar-refractivity contribution in [1.82, 2.24) is 0 Å². The lowest BCUT2D eigenvalue weighted by Gasteiger charge is -2.38. The van der Waals surface area contributed by atoms with Crippen LogP contribution in [-0.2, 0) is 14.3 Å². The fourth-order valence-corrected chi connectivity index (χ4v) is 6.30. The summed E-state index contributed by atoms with van der Waals surface area (Å²) in [6.07, 6.45) is 9.08. The molecule has 0 amide bonds. The first-order chi connectivity index (χ1) is 18.9. The molecule has 212 valence electrons. The lowest BCUT2D eigenvalue weighted by Crippen LogP contribution is -2.42. The molecule has 5 rings (SSSR count). The van der Waals surface area contributed by atoms with E-state index in [0.717, 1.165) is 19.3 Å². The summed E-state index contributed by atoms with van der Waals surface area (Å²) >= 11 is 0. The first kappa shape index (κ1) is 28.1. The second-order valence-electron chi connectivity index (χ2n) is 12.1.